The molecule has 2 amide bonds. The first-order valence-electron chi connectivity index (χ1n) is 10.6. The number of methoxy groups -OCH3 is 1. The average molecular weight is 425 g/mol. The first-order valence-corrected chi connectivity index (χ1v) is 10.6. The Labute approximate surface area is 182 Å². The van der Waals surface area contributed by atoms with Gasteiger partial charge in [0.05, 0.1) is 20.2 Å². The molecule has 2 aliphatic rings. The Morgan fingerprint density at radius 1 is 1.32 bits per heavy atom. The van der Waals surface area contributed by atoms with Crippen LogP contribution in [0.25, 0.3) is 0 Å². The van der Waals surface area contributed by atoms with Crippen LogP contribution in [0.2, 0.25) is 0 Å². The van der Waals surface area contributed by atoms with E-state index in [9.17, 15) is 9.59 Å². The first-order chi connectivity index (χ1) is 15.0. The highest BCUT2D eigenvalue weighted by Crippen LogP contribution is 2.30. The Balaban J connectivity index is 1.59. The van der Waals surface area contributed by atoms with E-state index in [1.54, 1.807) is 24.0 Å². The first kappa shape index (κ1) is 21.2. The van der Waals surface area contributed by atoms with Crippen LogP contribution in [0.5, 0.6) is 5.75 Å². The number of fused-ring (bicyclic) bond motifs is 1. The predicted molar refractivity (Wildman–Crippen MR) is 115 cm³/mol. The van der Waals surface area contributed by atoms with Gasteiger partial charge in [-0.15, -0.1) is 0 Å². The summed E-state index contributed by atoms with van der Waals surface area (Å²) < 4.78 is 10.8. The zero-order valence-corrected chi connectivity index (χ0v) is 18.3. The van der Waals surface area contributed by atoms with Gasteiger partial charge < -0.3 is 14.4 Å². The summed E-state index contributed by atoms with van der Waals surface area (Å²) in [5.74, 6) is 1.88. The number of likely N-dealkylation sites (N-methyl/N-ethyl adjacent to an activating group) is 1. The number of anilines is 1. The molecule has 4 rings (SSSR count). The Kier molecular flexibility index (Phi) is 6.18. The lowest BCUT2D eigenvalue weighted by atomic mass is 10.0. The minimum Gasteiger partial charge on any atom is -0.497 e. The highest BCUT2D eigenvalue weighted by atomic mass is 16.5. The van der Waals surface area contributed by atoms with Crippen molar-refractivity contribution in [1.82, 2.24) is 14.9 Å². The van der Waals surface area contributed by atoms with Crippen molar-refractivity contribution in [2.45, 2.75) is 51.8 Å². The predicted octanol–water partition coefficient (Wildman–Crippen LogP) is 2.41. The molecule has 0 radical (unpaired) electrons. The molecule has 1 fully saturated rings. The van der Waals surface area contributed by atoms with Crippen LogP contribution in [0, 0.1) is 6.92 Å². The van der Waals surface area contributed by atoms with Gasteiger partial charge >= 0.3 is 0 Å². The van der Waals surface area contributed by atoms with Gasteiger partial charge in [-0.1, -0.05) is 12.1 Å². The summed E-state index contributed by atoms with van der Waals surface area (Å²) >= 11 is 0. The minimum atomic E-state index is -0.380. The maximum absolute atomic E-state index is 12.8. The van der Waals surface area contributed by atoms with E-state index in [-0.39, 0.29) is 24.5 Å². The quantitative estimate of drug-likeness (QED) is 0.708. The van der Waals surface area contributed by atoms with E-state index >= 15 is 0 Å². The van der Waals surface area contributed by atoms with E-state index in [0.29, 0.717) is 37.6 Å². The van der Waals surface area contributed by atoms with Gasteiger partial charge in [0.25, 0.3) is 5.91 Å². The number of carbonyl (C=O) groups is 2. The molecule has 0 aliphatic carbocycles. The zero-order chi connectivity index (χ0) is 22.0. The van der Waals surface area contributed by atoms with Crippen molar-refractivity contribution in [2.75, 3.05) is 25.7 Å². The van der Waals surface area contributed by atoms with Crippen molar-refractivity contribution in [3.8, 4) is 5.75 Å². The Morgan fingerprint density at radius 2 is 2.16 bits per heavy atom. The van der Waals surface area contributed by atoms with E-state index in [4.69, 9.17) is 14.5 Å². The molecule has 2 aromatic rings. The summed E-state index contributed by atoms with van der Waals surface area (Å²) in [6.45, 7) is 3.24. The van der Waals surface area contributed by atoms with Gasteiger partial charge in [0.1, 0.15) is 23.5 Å². The summed E-state index contributed by atoms with van der Waals surface area (Å²) in [5, 5.41) is 0. The summed E-state index contributed by atoms with van der Waals surface area (Å²) in [7, 11) is 3.36. The number of benzene rings is 1. The third-order valence-electron chi connectivity index (χ3n) is 5.82. The molecule has 8 nitrogen and oxygen atoms in total. The molecule has 0 spiro atoms. The SMILES string of the molecule is COc1cccc(CN2C(=O)CCc3c(C)nc(CN(C)C(=O)[C@@H]4CCCO4)nc32)c1. The largest absolute Gasteiger partial charge is 0.497 e. The molecular formula is C23H28N4O4. The van der Waals surface area contributed by atoms with Crippen molar-refractivity contribution in [3.05, 3.63) is 46.9 Å². The van der Waals surface area contributed by atoms with Crippen molar-refractivity contribution in [1.29, 1.82) is 0 Å². The molecule has 0 unspecified atom stereocenters. The van der Waals surface area contributed by atoms with Gasteiger partial charge in [-0.2, -0.15) is 0 Å². The maximum Gasteiger partial charge on any atom is 0.251 e. The van der Waals surface area contributed by atoms with E-state index < -0.39 is 0 Å². The van der Waals surface area contributed by atoms with Crippen LogP contribution >= 0.6 is 0 Å². The van der Waals surface area contributed by atoms with E-state index in [2.05, 4.69) is 4.98 Å². The molecular weight excluding hydrogens is 396 g/mol. The molecule has 0 N–H and O–H groups in total. The number of carbonyl (C=O) groups excluding carboxylic acids is 2. The number of hydrogen-bond acceptors (Lipinski definition) is 6. The average Bonchev–Trinajstić information content (AvgIpc) is 3.30. The monoisotopic (exact) mass is 424 g/mol. The normalized spacial score (nSPS) is 18.1. The van der Waals surface area contributed by atoms with Crippen molar-refractivity contribution in [2.24, 2.45) is 0 Å². The fourth-order valence-electron chi connectivity index (χ4n) is 4.13. The second-order valence-corrected chi connectivity index (χ2v) is 8.05. The van der Waals surface area contributed by atoms with Gasteiger partial charge in [0, 0.05) is 31.3 Å². The second-order valence-electron chi connectivity index (χ2n) is 8.05. The molecule has 1 aromatic carbocycles. The van der Waals surface area contributed by atoms with Crippen molar-refractivity contribution < 1.29 is 19.1 Å². The number of hydrogen-bond donors (Lipinski definition) is 0. The lowest BCUT2D eigenvalue weighted by molar-refractivity contribution is -0.140. The smallest absolute Gasteiger partial charge is 0.251 e. The summed E-state index contributed by atoms with van der Waals surface area (Å²) in [6, 6.07) is 7.67. The third kappa shape index (κ3) is 4.54. The van der Waals surface area contributed by atoms with Crippen LogP contribution < -0.4 is 9.64 Å². The molecule has 1 aromatic heterocycles. The molecule has 1 atom stereocenters. The molecule has 8 heteroatoms. The lowest BCUT2D eigenvalue weighted by Crippen LogP contribution is -2.38. The topological polar surface area (TPSA) is 84.9 Å². The number of aromatic nitrogens is 2. The lowest BCUT2D eigenvalue weighted by Gasteiger charge is -2.30. The van der Waals surface area contributed by atoms with Crippen LogP contribution in [0.1, 0.15) is 41.9 Å². The fourth-order valence-corrected chi connectivity index (χ4v) is 4.13. The second kappa shape index (κ2) is 9.01. The molecule has 3 heterocycles. The zero-order valence-electron chi connectivity index (χ0n) is 18.3. The minimum absolute atomic E-state index is 0.0307. The number of nitrogens with zero attached hydrogens (tertiary/aromatic N) is 4. The number of ether oxygens (including phenoxy) is 2. The van der Waals surface area contributed by atoms with Gasteiger partial charge in [0.15, 0.2) is 0 Å². The third-order valence-corrected chi connectivity index (χ3v) is 5.82. The molecule has 0 saturated carbocycles. The van der Waals surface area contributed by atoms with Crippen LogP contribution in [-0.2, 0) is 33.8 Å². The van der Waals surface area contributed by atoms with E-state index in [0.717, 1.165) is 35.4 Å². The van der Waals surface area contributed by atoms with Crippen LogP contribution in [0.3, 0.4) is 0 Å². The number of rotatable bonds is 6. The standard InChI is InChI=1S/C23H28N4O4/c1-15-18-9-10-21(28)27(13-16-6-4-7-17(12-16)30-3)22(18)25-20(24-15)14-26(2)23(29)19-8-5-11-31-19/h4,6-7,12,19H,5,8-11,13-14H2,1-3H3/t19-/m0/s1. The summed E-state index contributed by atoms with van der Waals surface area (Å²) in [6.07, 6.45) is 2.32. The van der Waals surface area contributed by atoms with Crippen molar-refractivity contribution >= 4 is 17.6 Å². The van der Waals surface area contributed by atoms with Gasteiger partial charge in [-0.05, 0) is 43.9 Å². The van der Waals surface area contributed by atoms with Gasteiger partial charge in [-0.3, -0.25) is 14.5 Å². The molecule has 0 bridgehead atoms. The number of amides is 2. The van der Waals surface area contributed by atoms with Gasteiger partial charge in [0.2, 0.25) is 5.91 Å². The Bertz CT molecular complexity index is 988. The molecule has 2 aliphatic heterocycles. The molecule has 31 heavy (non-hydrogen) atoms. The highest BCUT2D eigenvalue weighted by molar-refractivity contribution is 5.95. The Hall–Kier alpha value is -3.00. The van der Waals surface area contributed by atoms with Gasteiger partial charge in [-0.25, -0.2) is 9.97 Å². The maximum atomic E-state index is 12.8. The van der Waals surface area contributed by atoms with Crippen molar-refractivity contribution in [3.63, 3.8) is 0 Å². The van der Waals surface area contributed by atoms with Crippen LogP contribution in [0.15, 0.2) is 24.3 Å². The molecule has 164 valence electrons. The van der Waals surface area contributed by atoms with Crippen LogP contribution in [-0.4, -0.2) is 53.6 Å². The fraction of sp³-hybridized carbons (Fsp3) is 0.478. The van der Waals surface area contributed by atoms with Crippen LogP contribution in [0.4, 0.5) is 5.82 Å². The Morgan fingerprint density at radius 3 is 2.90 bits per heavy atom. The van der Waals surface area contributed by atoms with E-state index in [1.165, 1.54) is 0 Å². The highest BCUT2D eigenvalue weighted by Gasteiger charge is 2.30. The summed E-state index contributed by atoms with van der Waals surface area (Å²) in [5.41, 5.74) is 2.80. The number of aryl methyl sites for hydroxylation is 1. The summed E-state index contributed by atoms with van der Waals surface area (Å²) in [4.78, 5) is 38.1. The molecule has 1 saturated heterocycles. The van der Waals surface area contributed by atoms with E-state index in [1.807, 2.05) is 31.2 Å².